The summed E-state index contributed by atoms with van der Waals surface area (Å²) in [6, 6.07) is 2.18. The van der Waals surface area contributed by atoms with Gasteiger partial charge in [-0.1, -0.05) is 12.1 Å². The molecule has 23 heavy (non-hydrogen) atoms. The smallest absolute Gasteiger partial charge is 0.139 e. The van der Waals surface area contributed by atoms with Crippen molar-refractivity contribution in [2.45, 2.75) is 33.2 Å². The Morgan fingerprint density at radius 1 is 1.30 bits per heavy atom. The number of nitrogens with zero attached hydrogens (tertiary/aromatic N) is 4. The molecule has 1 atom stereocenters. The highest BCUT2D eigenvalue weighted by molar-refractivity contribution is 7.99. The Kier molecular flexibility index (Phi) is 5.05. The molecule has 3 heterocycles. The Morgan fingerprint density at radius 2 is 2.09 bits per heavy atom. The summed E-state index contributed by atoms with van der Waals surface area (Å²) in [5, 5.41) is 7.57. The molecule has 7 heteroatoms. The van der Waals surface area contributed by atoms with E-state index in [1.165, 1.54) is 0 Å². The van der Waals surface area contributed by atoms with Crippen molar-refractivity contribution in [3.05, 3.63) is 29.4 Å². The minimum atomic E-state index is 0.140. The standard InChI is InChI=1S/C16H23N5OS/c1-4-13(16-11(2)20-22-12(16)3)19-14-9-15(18-10-17-14)21-5-7-23-8-6-21/h9-10,13H,4-8H2,1-3H3,(H,17,18,19)/t13-/m1/s1. The first kappa shape index (κ1) is 16.1. The van der Waals surface area contributed by atoms with Crippen molar-refractivity contribution >= 4 is 23.4 Å². The van der Waals surface area contributed by atoms with Gasteiger partial charge in [0.15, 0.2) is 0 Å². The van der Waals surface area contributed by atoms with Gasteiger partial charge in [-0.25, -0.2) is 9.97 Å². The molecule has 0 amide bonds. The van der Waals surface area contributed by atoms with Crippen molar-refractivity contribution in [2.75, 3.05) is 34.8 Å². The van der Waals surface area contributed by atoms with Crippen LogP contribution < -0.4 is 10.2 Å². The maximum atomic E-state index is 5.30. The molecule has 0 radical (unpaired) electrons. The van der Waals surface area contributed by atoms with Gasteiger partial charge in [0.2, 0.25) is 0 Å². The average molecular weight is 333 g/mol. The number of hydrogen-bond donors (Lipinski definition) is 1. The fourth-order valence-corrected chi connectivity index (χ4v) is 3.84. The molecule has 1 aliphatic heterocycles. The molecule has 3 rings (SSSR count). The van der Waals surface area contributed by atoms with E-state index in [0.29, 0.717) is 0 Å². The second-order valence-electron chi connectivity index (χ2n) is 5.70. The summed E-state index contributed by atoms with van der Waals surface area (Å²) in [4.78, 5) is 11.1. The largest absolute Gasteiger partial charge is 0.363 e. The van der Waals surface area contributed by atoms with Crippen LogP contribution in [0.15, 0.2) is 16.9 Å². The van der Waals surface area contributed by atoms with Crippen molar-refractivity contribution in [3.8, 4) is 0 Å². The summed E-state index contributed by atoms with van der Waals surface area (Å²) in [6.07, 6.45) is 2.57. The maximum absolute atomic E-state index is 5.30. The zero-order valence-corrected chi connectivity index (χ0v) is 14.7. The van der Waals surface area contributed by atoms with Crippen LogP contribution in [0.4, 0.5) is 11.6 Å². The molecular formula is C16H23N5OS. The Morgan fingerprint density at radius 3 is 2.74 bits per heavy atom. The molecule has 0 aliphatic carbocycles. The van der Waals surface area contributed by atoms with Crippen LogP contribution in [0, 0.1) is 13.8 Å². The van der Waals surface area contributed by atoms with Gasteiger partial charge >= 0.3 is 0 Å². The number of anilines is 2. The van der Waals surface area contributed by atoms with Crippen LogP contribution in [0.1, 0.15) is 36.4 Å². The lowest BCUT2D eigenvalue weighted by Gasteiger charge is -2.27. The normalized spacial score (nSPS) is 16.4. The zero-order chi connectivity index (χ0) is 16.2. The molecule has 0 aromatic carbocycles. The second-order valence-corrected chi connectivity index (χ2v) is 6.93. The summed E-state index contributed by atoms with van der Waals surface area (Å²) in [6.45, 7) is 8.17. The van der Waals surface area contributed by atoms with Crippen molar-refractivity contribution in [3.63, 3.8) is 0 Å². The minimum Gasteiger partial charge on any atom is -0.363 e. The molecule has 0 bridgehead atoms. The van der Waals surface area contributed by atoms with E-state index in [-0.39, 0.29) is 6.04 Å². The van der Waals surface area contributed by atoms with Gasteiger partial charge in [-0.15, -0.1) is 0 Å². The number of aromatic nitrogens is 3. The quantitative estimate of drug-likeness (QED) is 0.901. The minimum absolute atomic E-state index is 0.140. The van der Waals surface area contributed by atoms with Gasteiger partial charge in [-0.3, -0.25) is 0 Å². The van der Waals surface area contributed by atoms with Crippen LogP contribution in [0.3, 0.4) is 0 Å². The van der Waals surface area contributed by atoms with Crippen LogP contribution >= 0.6 is 11.8 Å². The number of aryl methyl sites for hydroxylation is 2. The highest BCUT2D eigenvalue weighted by atomic mass is 32.2. The average Bonchev–Trinajstić information content (AvgIpc) is 2.93. The molecule has 0 spiro atoms. The summed E-state index contributed by atoms with van der Waals surface area (Å²) < 4.78 is 5.30. The Bertz CT molecular complexity index is 634. The lowest BCUT2D eigenvalue weighted by molar-refractivity contribution is 0.391. The summed E-state index contributed by atoms with van der Waals surface area (Å²) >= 11 is 2.00. The SMILES string of the molecule is CC[C@@H](Nc1cc(N2CCSCC2)ncn1)c1c(C)noc1C. The maximum Gasteiger partial charge on any atom is 0.139 e. The molecule has 2 aromatic rings. The number of nitrogens with one attached hydrogen (secondary N) is 1. The van der Waals surface area contributed by atoms with E-state index in [1.807, 2.05) is 31.7 Å². The van der Waals surface area contributed by atoms with Crippen molar-refractivity contribution < 1.29 is 4.52 Å². The highest BCUT2D eigenvalue weighted by Crippen LogP contribution is 2.28. The molecule has 6 nitrogen and oxygen atoms in total. The zero-order valence-electron chi connectivity index (χ0n) is 13.9. The fraction of sp³-hybridized carbons (Fsp3) is 0.562. The van der Waals surface area contributed by atoms with Crippen LogP contribution in [0.2, 0.25) is 0 Å². The van der Waals surface area contributed by atoms with E-state index in [2.05, 4.69) is 32.3 Å². The third-order valence-electron chi connectivity index (χ3n) is 4.16. The lowest BCUT2D eigenvalue weighted by Crippen LogP contribution is -2.33. The Labute approximate surface area is 141 Å². The van der Waals surface area contributed by atoms with Crippen molar-refractivity contribution in [2.24, 2.45) is 0 Å². The molecule has 1 fully saturated rings. The van der Waals surface area contributed by atoms with Gasteiger partial charge in [0, 0.05) is 36.2 Å². The molecule has 0 unspecified atom stereocenters. The van der Waals surface area contributed by atoms with E-state index in [1.54, 1.807) is 6.33 Å². The van der Waals surface area contributed by atoms with E-state index >= 15 is 0 Å². The third kappa shape index (κ3) is 3.60. The van der Waals surface area contributed by atoms with Gasteiger partial charge in [-0.05, 0) is 20.3 Å². The molecule has 0 saturated carbocycles. The van der Waals surface area contributed by atoms with Crippen LogP contribution in [0.5, 0.6) is 0 Å². The van der Waals surface area contributed by atoms with E-state index in [9.17, 15) is 0 Å². The van der Waals surface area contributed by atoms with Gasteiger partial charge in [0.1, 0.15) is 23.7 Å². The van der Waals surface area contributed by atoms with Crippen LogP contribution in [-0.4, -0.2) is 39.7 Å². The first-order valence-electron chi connectivity index (χ1n) is 8.03. The first-order chi connectivity index (χ1) is 11.2. The predicted molar refractivity (Wildman–Crippen MR) is 94.2 cm³/mol. The predicted octanol–water partition coefficient (Wildman–Crippen LogP) is 3.20. The summed E-state index contributed by atoms with van der Waals surface area (Å²) in [5.74, 6) is 5.02. The van der Waals surface area contributed by atoms with Crippen LogP contribution in [-0.2, 0) is 0 Å². The third-order valence-corrected chi connectivity index (χ3v) is 5.10. The second kappa shape index (κ2) is 7.21. The highest BCUT2D eigenvalue weighted by Gasteiger charge is 2.20. The lowest BCUT2D eigenvalue weighted by atomic mass is 10.0. The Balaban J connectivity index is 1.78. The number of rotatable bonds is 5. The topological polar surface area (TPSA) is 67.1 Å². The molecule has 1 aliphatic rings. The van der Waals surface area contributed by atoms with Gasteiger partial charge in [0.25, 0.3) is 0 Å². The molecular weight excluding hydrogens is 310 g/mol. The summed E-state index contributed by atoms with van der Waals surface area (Å²) in [7, 11) is 0. The molecule has 124 valence electrons. The van der Waals surface area contributed by atoms with E-state index in [0.717, 1.165) is 59.7 Å². The van der Waals surface area contributed by atoms with E-state index in [4.69, 9.17) is 4.52 Å². The summed E-state index contributed by atoms with van der Waals surface area (Å²) in [5.41, 5.74) is 2.06. The Hall–Kier alpha value is -1.76. The van der Waals surface area contributed by atoms with Crippen molar-refractivity contribution in [1.82, 2.24) is 15.1 Å². The molecule has 1 saturated heterocycles. The van der Waals surface area contributed by atoms with Gasteiger partial charge in [0.05, 0.1) is 11.7 Å². The van der Waals surface area contributed by atoms with Crippen molar-refractivity contribution in [1.29, 1.82) is 0 Å². The van der Waals surface area contributed by atoms with Crippen LogP contribution in [0.25, 0.3) is 0 Å². The number of hydrogen-bond acceptors (Lipinski definition) is 7. The molecule has 1 N–H and O–H groups in total. The van der Waals surface area contributed by atoms with Gasteiger partial charge < -0.3 is 14.7 Å². The first-order valence-corrected chi connectivity index (χ1v) is 9.18. The monoisotopic (exact) mass is 333 g/mol. The molecule has 2 aromatic heterocycles. The number of thioether (sulfide) groups is 1. The fourth-order valence-electron chi connectivity index (χ4n) is 2.94. The van der Waals surface area contributed by atoms with Gasteiger partial charge in [-0.2, -0.15) is 11.8 Å². The van der Waals surface area contributed by atoms with E-state index < -0.39 is 0 Å².